The number of likely N-dealkylation sites (tertiary alicyclic amines) is 1. The van der Waals surface area contributed by atoms with Crippen LogP contribution in [0.15, 0.2) is 18.2 Å². The van der Waals surface area contributed by atoms with Gasteiger partial charge in [0.1, 0.15) is 5.02 Å². The van der Waals surface area contributed by atoms with Gasteiger partial charge in [0, 0.05) is 29.2 Å². The van der Waals surface area contributed by atoms with Gasteiger partial charge in [-0.25, -0.2) is 4.98 Å². The molecule has 5 rings (SSSR count). The van der Waals surface area contributed by atoms with Crippen LogP contribution in [0.5, 0.6) is 0 Å². The molecular weight excluding hydrogens is 557 g/mol. The zero-order valence-corrected chi connectivity index (χ0v) is 25.2. The molecule has 0 spiro atoms. The van der Waals surface area contributed by atoms with Crippen LogP contribution in [0.3, 0.4) is 0 Å². The van der Waals surface area contributed by atoms with E-state index in [0.29, 0.717) is 38.8 Å². The number of rotatable bonds is 7. The molecule has 0 amide bonds. The predicted octanol–water partition coefficient (Wildman–Crippen LogP) is 7.10. The number of carboxylic acid groups (broad SMARTS) is 1. The summed E-state index contributed by atoms with van der Waals surface area (Å²) in [5, 5.41) is 14.6. The summed E-state index contributed by atoms with van der Waals surface area (Å²) in [6.45, 7) is 9.84. The number of piperidine rings is 2. The minimum atomic E-state index is -0.655. The van der Waals surface area contributed by atoms with Crippen molar-refractivity contribution in [3.63, 3.8) is 0 Å². The van der Waals surface area contributed by atoms with Crippen LogP contribution in [0.25, 0.3) is 0 Å². The Labute approximate surface area is 246 Å². The minimum absolute atomic E-state index is 0.113. The molecule has 2 aliphatic heterocycles. The molecule has 39 heavy (non-hydrogen) atoms. The Kier molecular flexibility index (Phi) is 8.54. The lowest BCUT2D eigenvalue weighted by molar-refractivity contribution is -0.158. The summed E-state index contributed by atoms with van der Waals surface area (Å²) >= 11 is 19.2. The third kappa shape index (κ3) is 6.12. The molecule has 2 aromatic rings. The van der Waals surface area contributed by atoms with Crippen LogP contribution in [-0.2, 0) is 4.79 Å². The third-order valence-electron chi connectivity index (χ3n) is 9.17. The Bertz CT molecular complexity index is 1210. The molecule has 1 aromatic heterocycles. The number of anilines is 2. The van der Waals surface area contributed by atoms with Crippen LogP contribution in [-0.4, -0.2) is 58.2 Å². The molecule has 0 unspecified atom stereocenters. The topological polar surface area (TPSA) is 81.6 Å². The first-order valence-electron chi connectivity index (χ1n) is 14.0. The summed E-state index contributed by atoms with van der Waals surface area (Å²) in [7, 11) is 0. The summed E-state index contributed by atoms with van der Waals surface area (Å²) in [6.07, 6.45) is 6.24. The standard InChI is InChI=1S/C29H38Cl3N5O2/c1-17(23-7-6-21(30)13-24(23)31)33-26-25(32)18(2)34-28(35-26)37-10-4-5-20(16-37)19-8-11-36(12-9-19)22-14-29(3,15-22)27(38)39/h6-7,13,17,19-20,22H,4-5,8-12,14-16H2,1-3H3,(H,38,39)(H,33,34,35)/t17-,20-,22-,29-/m1/s1. The quantitative estimate of drug-likeness (QED) is 0.354. The molecule has 7 nitrogen and oxygen atoms in total. The third-order valence-corrected chi connectivity index (χ3v) is 10.2. The van der Waals surface area contributed by atoms with Crippen molar-refractivity contribution in [1.29, 1.82) is 0 Å². The molecule has 0 bridgehead atoms. The van der Waals surface area contributed by atoms with Crippen LogP contribution < -0.4 is 10.2 Å². The van der Waals surface area contributed by atoms with Gasteiger partial charge in [0.15, 0.2) is 5.82 Å². The lowest BCUT2D eigenvalue weighted by atomic mass is 9.65. The van der Waals surface area contributed by atoms with E-state index in [1.54, 1.807) is 6.07 Å². The highest BCUT2D eigenvalue weighted by molar-refractivity contribution is 6.35. The number of hydrogen-bond acceptors (Lipinski definition) is 6. The second-order valence-corrected chi connectivity index (χ2v) is 13.2. The van der Waals surface area contributed by atoms with Gasteiger partial charge in [-0.15, -0.1) is 0 Å². The number of aliphatic carboxylic acids is 1. The van der Waals surface area contributed by atoms with E-state index in [9.17, 15) is 9.90 Å². The molecular formula is C29H38Cl3N5O2. The Hall–Kier alpha value is -1.80. The number of hydrogen-bond donors (Lipinski definition) is 2. The van der Waals surface area contributed by atoms with Crippen molar-refractivity contribution in [2.75, 3.05) is 36.4 Å². The van der Waals surface area contributed by atoms with Gasteiger partial charge in [-0.05, 0) is 102 Å². The molecule has 1 aromatic carbocycles. The Balaban J connectivity index is 1.21. The predicted molar refractivity (Wildman–Crippen MR) is 158 cm³/mol. The molecule has 3 heterocycles. The number of aryl methyl sites for hydroxylation is 1. The summed E-state index contributed by atoms with van der Waals surface area (Å²) in [4.78, 5) is 26.0. The van der Waals surface area contributed by atoms with Crippen molar-refractivity contribution in [1.82, 2.24) is 14.9 Å². The van der Waals surface area contributed by atoms with Gasteiger partial charge in [-0.2, -0.15) is 4.98 Å². The van der Waals surface area contributed by atoms with Crippen molar-refractivity contribution in [3.8, 4) is 0 Å². The maximum absolute atomic E-state index is 11.5. The molecule has 10 heteroatoms. The van der Waals surface area contributed by atoms with Crippen molar-refractivity contribution in [2.45, 2.75) is 71.4 Å². The summed E-state index contributed by atoms with van der Waals surface area (Å²) < 4.78 is 0. The highest BCUT2D eigenvalue weighted by Gasteiger charge is 2.49. The zero-order valence-electron chi connectivity index (χ0n) is 22.9. The molecule has 2 atom stereocenters. The maximum atomic E-state index is 11.5. The Morgan fingerprint density at radius 3 is 2.49 bits per heavy atom. The smallest absolute Gasteiger partial charge is 0.309 e. The van der Waals surface area contributed by atoms with Gasteiger partial charge in [0.25, 0.3) is 0 Å². The second-order valence-electron chi connectivity index (χ2n) is 12.0. The fourth-order valence-electron chi connectivity index (χ4n) is 6.66. The SMILES string of the molecule is Cc1nc(N2CCC[C@@H](C3CCN([C@H]4C[C@](C)(C(=O)O)C4)CC3)C2)nc(N[C@H](C)c2ccc(Cl)cc2Cl)c1Cl. The number of nitrogens with one attached hydrogen (secondary N) is 1. The van der Waals surface area contributed by atoms with Gasteiger partial charge in [-0.1, -0.05) is 40.9 Å². The number of carboxylic acids is 1. The van der Waals surface area contributed by atoms with E-state index in [2.05, 4.69) is 15.1 Å². The molecule has 0 radical (unpaired) electrons. The van der Waals surface area contributed by atoms with Crippen LogP contribution in [0.1, 0.15) is 69.7 Å². The van der Waals surface area contributed by atoms with Crippen LogP contribution in [0.4, 0.5) is 11.8 Å². The van der Waals surface area contributed by atoms with E-state index in [0.717, 1.165) is 62.6 Å². The number of carbonyl (C=O) groups is 1. The van der Waals surface area contributed by atoms with Crippen molar-refractivity contribution in [3.05, 3.63) is 44.5 Å². The van der Waals surface area contributed by atoms with E-state index in [4.69, 9.17) is 44.8 Å². The lowest BCUT2D eigenvalue weighted by Crippen LogP contribution is -2.55. The molecule has 2 saturated heterocycles. The monoisotopic (exact) mass is 593 g/mol. The van der Waals surface area contributed by atoms with Crippen molar-refractivity contribution in [2.24, 2.45) is 17.3 Å². The Morgan fingerprint density at radius 2 is 1.82 bits per heavy atom. The van der Waals surface area contributed by atoms with Gasteiger partial charge < -0.3 is 20.2 Å². The van der Waals surface area contributed by atoms with E-state index in [-0.39, 0.29) is 6.04 Å². The number of halogens is 3. The first-order valence-corrected chi connectivity index (χ1v) is 15.2. The zero-order chi connectivity index (χ0) is 27.9. The highest BCUT2D eigenvalue weighted by atomic mass is 35.5. The average molecular weight is 595 g/mol. The maximum Gasteiger partial charge on any atom is 0.309 e. The van der Waals surface area contributed by atoms with Gasteiger partial charge in [0.2, 0.25) is 5.95 Å². The number of aromatic nitrogens is 2. The second kappa shape index (κ2) is 11.6. The summed E-state index contributed by atoms with van der Waals surface area (Å²) in [6, 6.07) is 5.80. The van der Waals surface area contributed by atoms with E-state index in [1.807, 2.05) is 32.9 Å². The highest BCUT2D eigenvalue weighted by Crippen LogP contribution is 2.45. The first kappa shape index (κ1) is 28.7. The van der Waals surface area contributed by atoms with Crippen molar-refractivity contribution >= 4 is 52.5 Å². The molecule has 1 saturated carbocycles. The number of nitrogens with zero attached hydrogens (tertiary/aromatic N) is 4. The normalized spacial score (nSPS) is 27.2. The van der Waals surface area contributed by atoms with Gasteiger partial charge in [-0.3, -0.25) is 4.79 Å². The Morgan fingerprint density at radius 1 is 1.10 bits per heavy atom. The van der Waals surface area contributed by atoms with Gasteiger partial charge in [0.05, 0.1) is 17.2 Å². The number of benzene rings is 1. The minimum Gasteiger partial charge on any atom is -0.481 e. The van der Waals surface area contributed by atoms with E-state index in [1.165, 1.54) is 19.3 Å². The van der Waals surface area contributed by atoms with Crippen LogP contribution >= 0.6 is 34.8 Å². The molecule has 1 aliphatic carbocycles. The van der Waals surface area contributed by atoms with E-state index >= 15 is 0 Å². The molecule has 212 valence electrons. The summed E-state index contributed by atoms with van der Waals surface area (Å²) in [5.74, 6) is 1.96. The van der Waals surface area contributed by atoms with Crippen LogP contribution in [0, 0.1) is 24.2 Å². The first-order chi connectivity index (χ1) is 18.5. The summed E-state index contributed by atoms with van der Waals surface area (Å²) in [5.41, 5.74) is 1.14. The largest absolute Gasteiger partial charge is 0.481 e. The average Bonchev–Trinajstić information content (AvgIpc) is 2.89. The molecule has 2 N–H and O–H groups in total. The fourth-order valence-corrected chi connectivity index (χ4v) is 7.37. The fraction of sp³-hybridized carbons (Fsp3) is 0.621. The lowest BCUT2D eigenvalue weighted by Gasteiger charge is -2.50. The van der Waals surface area contributed by atoms with Crippen LogP contribution in [0.2, 0.25) is 15.1 Å². The van der Waals surface area contributed by atoms with Crippen molar-refractivity contribution < 1.29 is 9.90 Å². The van der Waals surface area contributed by atoms with Gasteiger partial charge >= 0.3 is 5.97 Å². The van der Waals surface area contributed by atoms with E-state index < -0.39 is 11.4 Å². The molecule has 3 fully saturated rings. The molecule has 3 aliphatic rings.